The van der Waals surface area contributed by atoms with Crippen molar-refractivity contribution in [2.45, 2.75) is 12.5 Å². The molecule has 0 aliphatic carbocycles. The SMILES string of the molecule is O=C(O)[C@H]1NCCc2[nH]c(-c3ccc4ncccc4c3)nc21. The molecular formula is C16H14N4O2. The first-order valence-electron chi connectivity index (χ1n) is 7.12. The molecule has 1 atom stereocenters. The number of fused-ring (bicyclic) bond motifs is 2. The Hall–Kier alpha value is -2.73. The summed E-state index contributed by atoms with van der Waals surface area (Å²) in [6.45, 7) is 0.632. The summed E-state index contributed by atoms with van der Waals surface area (Å²) in [5.74, 6) is -0.201. The van der Waals surface area contributed by atoms with E-state index in [0.717, 1.165) is 28.6 Å². The second kappa shape index (κ2) is 4.92. The van der Waals surface area contributed by atoms with E-state index in [1.54, 1.807) is 6.20 Å². The van der Waals surface area contributed by atoms with E-state index in [1.165, 1.54) is 0 Å². The lowest BCUT2D eigenvalue weighted by molar-refractivity contribution is -0.139. The number of aliphatic carboxylic acids is 1. The quantitative estimate of drug-likeness (QED) is 0.671. The minimum atomic E-state index is -0.901. The lowest BCUT2D eigenvalue weighted by Gasteiger charge is -2.18. The highest BCUT2D eigenvalue weighted by molar-refractivity contribution is 5.83. The third-order valence-corrected chi connectivity index (χ3v) is 3.93. The Morgan fingerprint density at radius 3 is 3.09 bits per heavy atom. The zero-order valence-electron chi connectivity index (χ0n) is 11.7. The maximum Gasteiger partial charge on any atom is 0.327 e. The van der Waals surface area contributed by atoms with E-state index in [4.69, 9.17) is 0 Å². The number of rotatable bonds is 2. The molecule has 6 heteroatoms. The van der Waals surface area contributed by atoms with E-state index >= 15 is 0 Å². The summed E-state index contributed by atoms with van der Waals surface area (Å²) >= 11 is 0. The molecular weight excluding hydrogens is 280 g/mol. The van der Waals surface area contributed by atoms with Crippen LogP contribution in [0.2, 0.25) is 0 Å². The van der Waals surface area contributed by atoms with Crippen molar-refractivity contribution in [3.63, 3.8) is 0 Å². The standard InChI is InChI=1S/C16H14N4O2/c21-16(22)14-13-12(5-7-18-14)19-15(20-13)10-3-4-11-9(8-10)2-1-6-17-11/h1-4,6,8,14,18H,5,7H2,(H,19,20)(H,21,22)/t14-/m0/s1. The third-order valence-electron chi connectivity index (χ3n) is 3.93. The Labute approximate surface area is 126 Å². The first kappa shape index (κ1) is 13.0. The van der Waals surface area contributed by atoms with Gasteiger partial charge in [0.1, 0.15) is 5.82 Å². The molecule has 1 aromatic carbocycles. The zero-order valence-corrected chi connectivity index (χ0v) is 11.7. The average Bonchev–Trinajstić information content (AvgIpc) is 2.98. The van der Waals surface area contributed by atoms with Crippen molar-refractivity contribution in [1.82, 2.24) is 20.3 Å². The number of carbonyl (C=O) groups is 1. The Kier molecular flexibility index (Phi) is 2.90. The normalized spacial score (nSPS) is 17.4. The molecule has 3 heterocycles. The minimum absolute atomic E-state index is 0.583. The highest BCUT2D eigenvalue weighted by Gasteiger charge is 2.29. The largest absolute Gasteiger partial charge is 0.480 e. The number of imidazole rings is 1. The number of aromatic amines is 1. The number of aromatic nitrogens is 3. The van der Waals surface area contributed by atoms with Crippen LogP contribution in [0, 0.1) is 0 Å². The van der Waals surface area contributed by atoms with Crippen LogP contribution in [0.1, 0.15) is 17.4 Å². The summed E-state index contributed by atoms with van der Waals surface area (Å²) in [6.07, 6.45) is 2.51. The summed E-state index contributed by atoms with van der Waals surface area (Å²) in [5, 5.41) is 13.3. The Bertz CT molecular complexity index is 871. The molecule has 0 fully saturated rings. The fraction of sp³-hybridized carbons (Fsp3) is 0.188. The molecule has 3 N–H and O–H groups in total. The molecule has 2 aromatic heterocycles. The molecule has 0 bridgehead atoms. The van der Waals surface area contributed by atoms with Crippen LogP contribution < -0.4 is 5.32 Å². The predicted molar refractivity (Wildman–Crippen MR) is 81.4 cm³/mol. The number of benzene rings is 1. The van der Waals surface area contributed by atoms with Gasteiger partial charge in [-0.2, -0.15) is 0 Å². The van der Waals surface area contributed by atoms with Crippen LogP contribution in [-0.2, 0) is 11.2 Å². The van der Waals surface area contributed by atoms with Crippen molar-refractivity contribution in [2.24, 2.45) is 0 Å². The van der Waals surface area contributed by atoms with Gasteiger partial charge in [0.15, 0.2) is 6.04 Å². The van der Waals surface area contributed by atoms with Crippen molar-refractivity contribution in [1.29, 1.82) is 0 Å². The van der Waals surface area contributed by atoms with Crippen LogP contribution >= 0.6 is 0 Å². The molecule has 22 heavy (non-hydrogen) atoms. The number of pyridine rings is 1. The van der Waals surface area contributed by atoms with Crippen LogP contribution in [-0.4, -0.2) is 32.6 Å². The molecule has 0 radical (unpaired) electrons. The van der Waals surface area contributed by atoms with E-state index in [2.05, 4.69) is 20.3 Å². The van der Waals surface area contributed by atoms with E-state index < -0.39 is 12.0 Å². The molecule has 3 aromatic rings. The zero-order chi connectivity index (χ0) is 15.1. The Morgan fingerprint density at radius 2 is 2.23 bits per heavy atom. The predicted octanol–water partition coefficient (Wildman–Crippen LogP) is 1.90. The molecule has 110 valence electrons. The highest BCUT2D eigenvalue weighted by Crippen LogP contribution is 2.27. The highest BCUT2D eigenvalue weighted by atomic mass is 16.4. The van der Waals surface area contributed by atoms with Gasteiger partial charge in [0.05, 0.1) is 11.2 Å². The minimum Gasteiger partial charge on any atom is -0.480 e. The van der Waals surface area contributed by atoms with Crippen LogP contribution in [0.3, 0.4) is 0 Å². The van der Waals surface area contributed by atoms with Crippen molar-refractivity contribution in [3.05, 3.63) is 47.9 Å². The number of hydrogen-bond donors (Lipinski definition) is 3. The van der Waals surface area contributed by atoms with Gasteiger partial charge in [-0.1, -0.05) is 6.07 Å². The van der Waals surface area contributed by atoms with E-state index in [-0.39, 0.29) is 0 Å². The molecule has 1 aliphatic heterocycles. The monoisotopic (exact) mass is 294 g/mol. The first-order chi connectivity index (χ1) is 10.7. The lowest BCUT2D eigenvalue weighted by atomic mass is 10.1. The fourth-order valence-corrected chi connectivity index (χ4v) is 2.85. The molecule has 0 saturated heterocycles. The van der Waals surface area contributed by atoms with Gasteiger partial charge < -0.3 is 10.1 Å². The molecule has 0 spiro atoms. The smallest absolute Gasteiger partial charge is 0.327 e. The Balaban J connectivity index is 1.80. The van der Waals surface area contributed by atoms with Gasteiger partial charge in [-0.05, 0) is 24.3 Å². The van der Waals surface area contributed by atoms with E-state index in [0.29, 0.717) is 18.1 Å². The summed E-state index contributed by atoms with van der Waals surface area (Å²) in [7, 11) is 0. The van der Waals surface area contributed by atoms with Gasteiger partial charge in [0.2, 0.25) is 0 Å². The van der Waals surface area contributed by atoms with Crippen LogP contribution in [0.15, 0.2) is 36.5 Å². The first-order valence-corrected chi connectivity index (χ1v) is 7.12. The molecule has 0 amide bonds. The maximum absolute atomic E-state index is 11.3. The number of carboxylic acids is 1. The van der Waals surface area contributed by atoms with Crippen molar-refractivity contribution in [3.8, 4) is 11.4 Å². The van der Waals surface area contributed by atoms with Gasteiger partial charge in [0.25, 0.3) is 0 Å². The van der Waals surface area contributed by atoms with Gasteiger partial charge in [-0.3, -0.25) is 15.1 Å². The molecule has 0 saturated carbocycles. The van der Waals surface area contributed by atoms with Gasteiger partial charge in [-0.25, -0.2) is 4.98 Å². The average molecular weight is 294 g/mol. The van der Waals surface area contributed by atoms with Gasteiger partial charge in [0, 0.05) is 35.8 Å². The second-order valence-electron chi connectivity index (χ2n) is 5.34. The summed E-state index contributed by atoms with van der Waals surface area (Å²) in [6, 6.07) is 9.05. The van der Waals surface area contributed by atoms with Crippen LogP contribution in [0.5, 0.6) is 0 Å². The maximum atomic E-state index is 11.3. The summed E-state index contributed by atoms with van der Waals surface area (Å²) in [5.41, 5.74) is 3.33. The van der Waals surface area contributed by atoms with Crippen LogP contribution in [0.25, 0.3) is 22.3 Å². The molecule has 6 nitrogen and oxygen atoms in total. The third kappa shape index (κ3) is 2.05. The molecule has 0 unspecified atom stereocenters. The number of nitrogens with one attached hydrogen (secondary N) is 2. The van der Waals surface area contributed by atoms with Crippen molar-refractivity contribution < 1.29 is 9.90 Å². The molecule has 1 aliphatic rings. The van der Waals surface area contributed by atoms with Crippen LogP contribution in [0.4, 0.5) is 0 Å². The summed E-state index contributed by atoms with van der Waals surface area (Å²) < 4.78 is 0. The van der Waals surface area contributed by atoms with Crippen molar-refractivity contribution in [2.75, 3.05) is 6.54 Å². The summed E-state index contributed by atoms with van der Waals surface area (Å²) in [4.78, 5) is 23.4. The van der Waals surface area contributed by atoms with Gasteiger partial charge in [-0.15, -0.1) is 0 Å². The molecule has 4 rings (SSSR count). The number of H-pyrrole nitrogens is 1. The lowest BCUT2D eigenvalue weighted by Crippen LogP contribution is -2.35. The van der Waals surface area contributed by atoms with E-state index in [1.807, 2.05) is 30.3 Å². The number of hydrogen-bond acceptors (Lipinski definition) is 4. The van der Waals surface area contributed by atoms with Gasteiger partial charge >= 0.3 is 5.97 Å². The van der Waals surface area contributed by atoms with Crippen molar-refractivity contribution >= 4 is 16.9 Å². The van der Waals surface area contributed by atoms with E-state index in [9.17, 15) is 9.90 Å². The number of carboxylic acid groups (broad SMARTS) is 1. The fourth-order valence-electron chi connectivity index (χ4n) is 2.85. The second-order valence-corrected chi connectivity index (χ2v) is 5.34. The Morgan fingerprint density at radius 1 is 1.32 bits per heavy atom. The topological polar surface area (TPSA) is 90.9 Å². The number of nitrogens with zero attached hydrogens (tertiary/aromatic N) is 2.